The van der Waals surface area contributed by atoms with Crippen LogP contribution >= 0.6 is 0 Å². The molecule has 1 aromatic rings. The third kappa shape index (κ3) is 3.84. The molecule has 0 amide bonds. The van der Waals surface area contributed by atoms with E-state index in [1.807, 2.05) is 13.0 Å². The highest BCUT2D eigenvalue weighted by atomic mass is 15.1. The maximum atomic E-state index is 5.26. The van der Waals surface area contributed by atoms with Crippen LogP contribution in [-0.2, 0) is 6.54 Å². The molecule has 98 valence electrons. The first-order chi connectivity index (χ1) is 9.33. The van der Waals surface area contributed by atoms with E-state index in [9.17, 15) is 0 Å². The van der Waals surface area contributed by atoms with Gasteiger partial charge in [-0.3, -0.25) is 4.90 Å². The number of hydrogen-bond acceptors (Lipinski definition) is 1. The highest BCUT2D eigenvalue weighted by molar-refractivity contribution is 5.74. The Bertz CT molecular complexity index is 493. The first kappa shape index (κ1) is 13.6. The molecular formula is C18H21N. The Labute approximate surface area is 116 Å². The van der Waals surface area contributed by atoms with E-state index in [0.29, 0.717) is 0 Å². The van der Waals surface area contributed by atoms with Crippen LogP contribution in [0.1, 0.15) is 30.9 Å². The second-order valence-corrected chi connectivity index (χ2v) is 4.92. The Morgan fingerprint density at radius 1 is 1.26 bits per heavy atom. The van der Waals surface area contributed by atoms with Gasteiger partial charge in [-0.15, -0.1) is 6.42 Å². The quantitative estimate of drug-likeness (QED) is 0.580. The molecule has 1 nitrogen and oxygen atoms in total. The van der Waals surface area contributed by atoms with E-state index in [-0.39, 0.29) is 0 Å². The molecule has 19 heavy (non-hydrogen) atoms. The van der Waals surface area contributed by atoms with Gasteiger partial charge in [-0.05, 0) is 61.7 Å². The van der Waals surface area contributed by atoms with Crippen LogP contribution < -0.4 is 0 Å². The maximum absolute atomic E-state index is 5.26. The van der Waals surface area contributed by atoms with Crippen molar-refractivity contribution < 1.29 is 0 Å². The fourth-order valence-electron chi connectivity index (χ4n) is 2.50. The molecule has 0 spiro atoms. The zero-order chi connectivity index (χ0) is 13.5. The molecule has 1 saturated heterocycles. The lowest BCUT2D eigenvalue weighted by molar-refractivity contribution is 0.331. The van der Waals surface area contributed by atoms with Crippen molar-refractivity contribution in [2.75, 3.05) is 13.1 Å². The molecule has 1 heterocycles. The Morgan fingerprint density at radius 2 is 1.95 bits per heavy atom. The predicted molar refractivity (Wildman–Crippen MR) is 82.6 cm³/mol. The third-order valence-corrected chi connectivity index (χ3v) is 3.56. The minimum atomic E-state index is 1.08. The van der Waals surface area contributed by atoms with Gasteiger partial charge in [0, 0.05) is 6.54 Å². The number of hydrogen-bond donors (Lipinski definition) is 0. The van der Waals surface area contributed by atoms with Gasteiger partial charge in [0.2, 0.25) is 0 Å². The molecule has 0 radical (unpaired) electrons. The minimum Gasteiger partial charge on any atom is -0.299 e. The Hall–Kier alpha value is -1.78. The van der Waals surface area contributed by atoms with Crippen LogP contribution in [0, 0.1) is 12.3 Å². The van der Waals surface area contributed by atoms with E-state index < -0.39 is 0 Å². The van der Waals surface area contributed by atoms with Crippen molar-refractivity contribution in [3.8, 4) is 12.3 Å². The molecule has 1 aliphatic heterocycles. The van der Waals surface area contributed by atoms with Crippen LogP contribution in [0.4, 0.5) is 0 Å². The van der Waals surface area contributed by atoms with Crippen molar-refractivity contribution in [2.45, 2.75) is 26.3 Å². The molecule has 0 atom stereocenters. The molecule has 2 rings (SSSR count). The van der Waals surface area contributed by atoms with E-state index in [0.717, 1.165) is 6.54 Å². The third-order valence-electron chi connectivity index (χ3n) is 3.56. The predicted octanol–water partition coefficient (Wildman–Crippen LogP) is 3.88. The van der Waals surface area contributed by atoms with E-state index in [1.165, 1.54) is 42.6 Å². The number of terminal acetylenes is 1. The highest BCUT2D eigenvalue weighted by Crippen LogP contribution is 2.18. The summed E-state index contributed by atoms with van der Waals surface area (Å²) in [5.74, 6) is 2.53. The zero-order valence-corrected chi connectivity index (χ0v) is 11.6. The zero-order valence-electron chi connectivity index (χ0n) is 11.6. The van der Waals surface area contributed by atoms with Crippen LogP contribution in [0.2, 0.25) is 0 Å². The van der Waals surface area contributed by atoms with Gasteiger partial charge in [0.15, 0.2) is 0 Å². The molecule has 0 saturated carbocycles. The molecule has 1 fully saturated rings. The van der Waals surface area contributed by atoms with Gasteiger partial charge in [-0.1, -0.05) is 36.3 Å². The van der Waals surface area contributed by atoms with Gasteiger partial charge in [-0.2, -0.15) is 0 Å². The summed E-state index contributed by atoms with van der Waals surface area (Å²) in [5, 5.41) is 0. The summed E-state index contributed by atoms with van der Waals surface area (Å²) in [5.41, 5.74) is 3.78. The fraction of sp³-hybridized carbons (Fsp3) is 0.333. The van der Waals surface area contributed by atoms with E-state index in [4.69, 9.17) is 6.42 Å². The van der Waals surface area contributed by atoms with Crippen molar-refractivity contribution >= 4 is 5.57 Å². The molecule has 0 N–H and O–H groups in total. The number of rotatable bonds is 4. The van der Waals surface area contributed by atoms with Crippen molar-refractivity contribution in [2.24, 2.45) is 0 Å². The minimum absolute atomic E-state index is 1.08. The lowest BCUT2D eigenvalue weighted by Gasteiger charge is -2.14. The van der Waals surface area contributed by atoms with Crippen molar-refractivity contribution in [3.05, 3.63) is 53.6 Å². The first-order valence-corrected chi connectivity index (χ1v) is 6.94. The van der Waals surface area contributed by atoms with Gasteiger partial charge in [0.1, 0.15) is 0 Å². The topological polar surface area (TPSA) is 3.24 Å². The van der Waals surface area contributed by atoms with Crippen LogP contribution in [-0.4, -0.2) is 18.0 Å². The SMILES string of the molecule is C#C/C=C\C(=C/C)c1ccc(CN2CCCC2)cc1. The number of benzene rings is 1. The van der Waals surface area contributed by atoms with Crippen LogP contribution in [0.25, 0.3) is 5.57 Å². The Balaban J connectivity index is 2.05. The van der Waals surface area contributed by atoms with Gasteiger partial charge < -0.3 is 0 Å². The second-order valence-electron chi connectivity index (χ2n) is 4.92. The molecule has 0 unspecified atom stereocenters. The van der Waals surface area contributed by atoms with Crippen LogP contribution in [0.3, 0.4) is 0 Å². The first-order valence-electron chi connectivity index (χ1n) is 6.94. The standard InChI is InChI=1S/C18H21N/c1-3-5-8-17(4-2)18-11-9-16(10-12-18)15-19-13-6-7-14-19/h1,4-5,8-12H,6-7,13-15H2,2H3/b8-5-,17-4+. The summed E-state index contributed by atoms with van der Waals surface area (Å²) in [6.45, 7) is 5.60. The van der Waals surface area contributed by atoms with Gasteiger partial charge in [0.05, 0.1) is 0 Å². The largest absolute Gasteiger partial charge is 0.299 e. The molecule has 0 aromatic heterocycles. The molecule has 1 aliphatic rings. The molecule has 0 aliphatic carbocycles. The second kappa shape index (κ2) is 6.97. The van der Waals surface area contributed by atoms with E-state index in [2.05, 4.69) is 41.2 Å². The van der Waals surface area contributed by atoms with Gasteiger partial charge in [0.25, 0.3) is 0 Å². The smallest absolute Gasteiger partial charge is 0.0233 e. The molecule has 1 heteroatoms. The summed E-state index contributed by atoms with van der Waals surface area (Å²) >= 11 is 0. The maximum Gasteiger partial charge on any atom is 0.0233 e. The van der Waals surface area contributed by atoms with Crippen molar-refractivity contribution in [1.29, 1.82) is 0 Å². The summed E-state index contributed by atoms with van der Waals surface area (Å²) in [6, 6.07) is 8.81. The highest BCUT2D eigenvalue weighted by Gasteiger charge is 2.11. The average molecular weight is 251 g/mol. The monoisotopic (exact) mass is 251 g/mol. The summed E-state index contributed by atoms with van der Waals surface area (Å²) in [4.78, 5) is 2.52. The van der Waals surface area contributed by atoms with Crippen LogP contribution in [0.15, 0.2) is 42.5 Å². The Morgan fingerprint density at radius 3 is 2.53 bits per heavy atom. The summed E-state index contributed by atoms with van der Waals surface area (Å²) in [6.07, 6.45) is 13.8. The van der Waals surface area contributed by atoms with Crippen molar-refractivity contribution in [3.63, 3.8) is 0 Å². The lowest BCUT2D eigenvalue weighted by atomic mass is 10.0. The normalized spacial score (nSPS) is 16.9. The van der Waals surface area contributed by atoms with E-state index >= 15 is 0 Å². The molecule has 0 bridgehead atoms. The molecular weight excluding hydrogens is 230 g/mol. The summed E-state index contributed by atoms with van der Waals surface area (Å²) < 4.78 is 0. The molecule has 1 aromatic carbocycles. The lowest BCUT2D eigenvalue weighted by Crippen LogP contribution is -2.18. The average Bonchev–Trinajstić information content (AvgIpc) is 2.94. The summed E-state index contributed by atoms with van der Waals surface area (Å²) in [7, 11) is 0. The number of nitrogens with zero attached hydrogens (tertiary/aromatic N) is 1. The van der Waals surface area contributed by atoms with Gasteiger partial charge >= 0.3 is 0 Å². The number of allylic oxidation sites excluding steroid dienone is 4. The van der Waals surface area contributed by atoms with Gasteiger partial charge in [-0.25, -0.2) is 0 Å². The number of likely N-dealkylation sites (tertiary alicyclic amines) is 1. The van der Waals surface area contributed by atoms with E-state index in [1.54, 1.807) is 6.08 Å². The Kier molecular flexibility index (Phi) is 5.01. The fourth-order valence-corrected chi connectivity index (χ4v) is 2.50. The van der Waals surface area contributed by atoms with Crippen LogP contribution in [0.5, 0.6) is 0 Å². The van der Waals surface area contributed by atoms with Crippen molar-refractivity contribution in [1.82, 2.24) is 4.90 Å².